The van der Waals surface area contributed by atoms with Crippen molar-refractivity contribution in [2.45, 2.75) is 18.9 Å². The Labute approximate surface area is 125 Å². The number of nitrogens with zero attached hydrogens (tertiary/aromatic N) is 1. The van der Waals surface area contributed by atoms with Crippen LogP contribution in [0.5, 0.6) is 5.75 Å². The van der Waals surface area contributed by atoms with E-state index in [4.69, 9.17) is 4.74 Å². The number of ether oxygens (including phenoxy) is 1. The molecule has 2 fully saturated rings. The van der Waals surface area contributed by atoms with Gasteiger partial charge in [-0.15, -0.1) is 0 Å². The topological polar surface area (TPSA) is 41.6 Å². The van der Waals surface area contributed by atoms with Crippen molar-refractivity contribution in [2.75, 3.05) is 26.7 Å². The number of fused-ring (bicyclic) bond motifs is 1. The van der Waals surface area contributed by atoms with Crippen molar-refractivity contribution in [1.29, 1.82) is 0 Å². The molecule has 0 aliphatic carbocycles. The lowest BCUT2D eigenvalue weighted by atomic mass is 9.94. The number of methoxy groups -OCH3 is 1. The van der Waals surface area contributed by atoms with Crippen LogP contribution in [0.1, 0.15) is 18.4 Å². The highest BCUT2D eigenvalue weighted by Crippen LogP contribution is 2.25. The van der Waals surface area contributed by atoms with E-state index in [2.05, 4.69) is 5.32 Å². The zero-order chi connectivity index (χ0) is 14.7. The van der Waals surface area contributed by atoms with Crippen molar-refractivity contribution >= 4 is 12.0 Å². The number of hydrogen-bond acceptors (Lipinski definition) is 3. The Balaban J connectivity index is 1.59. The van der Waals surface area contributed by atoms with Gasteiger partial charge in [-0.3, -0.25) is 4.79 Å². The SMILES string of the molecule is COc1ccc(/C=C/C(=O)N2C[C@@H]3CCCN[C@@H]3C2)cc1. The fourth-order valence-corrected chi connectivity index (χ4v) is 3.21. The Morgan fingerprint density at radius 2 is 2.14 bits per heavy atom. The lowest BCUT2D eigenvalue weighted by Gasteiger charge is -2.24. The summed E-state index contributed by atoms with van der Waals surface area (Å²) in [5, 5.41) is 3.52. The summed E-state index contributed by atoms with van der Waals surface area (Å²) in [4.78, 5) is 14.2. The molecule has 21 heavy (non-hydrogen) atoms. The van der Waals surface area contributed by atoms with E-state index < -0.39 is 0 Å². The van der Waals surface area contributed by atoms with Gasteiger partial charge in [0.2, 0.25) is 5.91 Å². The Morgan fingerprint density at radius 1 is 1.33 bits per heavy atom. The predicted molar refractivity (Wildman–Crippen MR) is 83.1 cm³/mol. The van der Waals surface area contributed by atoms with Gasteiger partial charge < -0.3 is 15.0 Å². The maximum Gasteiger partial charge on any atom is 0.246 e. The highest BCUT2D eigenvalue weighted by Gasteiger charge is 2.35. The Hall–Kier alpha value is -1.81. The summed E-state index contributed by atoms with van der Waals surface area (Å²) >= 11 is 0. The van der Waals surface area contributed by atoms with E-state index >= 15 is 0 Å². The second-order valence-corrected chi connectivity index (χ2v) is 5.81. The molecule has 4 heteroatoms. The number of piperidine rings is 1. The third-order valence-corrected chi connectivity index (χ3v) is 4.45. The minimum atomic E-state index is 0.113. The molecule has 2 aliphatic heterocycles. The monoisotopic (exact) mass is 286 g/mol. The number of amides is 1. The van der Waals surface area contributed by atoms with Gasteiger partial charge in [0.15, 0.2) is 0 Å². The molecule has 0 spiro atoms. The number of nitrogens with one attached hydrogen (secondary N) is 1. The minimum Gasteiger partial charge on any atom is -0.497 e. The molecule has 3 rings (SSSR count). The van der Waals surface area contributed by atoms with Crippen molar-refractivity contribution in [3.05, 3.63) is 35.9 Å². The van der Waals surface area contributed by atoms with Crippen LogP contribution in [0.4, 0.5) is 0 Å². The molecule has 4 nitrogen and oxygen atoms in total. The van der Waals surface area contributed by atoms with Gasteiger partial charge in [-0.1, -0.05) is 12.1 Å². The Kier molecular flexibility index (Phi) is 4.25. The third kappa shape index (κ3) is 3.27. The summed E-state index contributed by atoms with van der Waals surface area (Å²) in [7, 11) is 1.65. The van der Waals surface area contributed by atoms with Crippen LogP contribution in [0.2, 0.25) is 0 Å². The average Bonchev–Trinajstić information content (AvgIpc) is 2.97. The quantitative estimate of drug-likeness (QED) is 0.863. The zero-order valence-electron chi connectivity index (χ0n) is 12.4. The lowest BCUT2D eigenvalue weighted by Crippen LogP contribution is -2.40. The summed E-state index contributed by atoms with van der Waals surface area (Å²) in [6, 6.07) is 8.20. The zero-order valence-corrected chi connectivity index (χ0v) is 12.4. The fraction of sp³-hybridized carbons (Fsp3) is 0.471. The van der Waals surface area contributed by atoms with E-state index in [0.717, 1.165) is 30.9 Å². The number of likely N-dealkylation sites (tertiary alicyclic amines) is 1. The predicted octanol–water partition coefficient (Wildman–Crippen LogP) is 1.92. The Bertz CT molecular complexity index is 510. The summed E-state index contributed by atoms with van der Waals surface area (Å²) < 4.78 is 5.12. The van der Waals surface area contributed by atoms with Crippen LogP contribution in [-0.2, 0) is 4.79 Å². The van der Waals surface area contributed by atoms with Crippen LogP contribution >= 0.6 is 0 Å². The van der Waals surface area contributed by atoms with Crippen LogP contribution in [0.3, 0.4) is 0 Å². The normalized spacial score (nSPS) is 25.1. The fourth-order valence-electron chi connectivity index (χ4n) is 3.21. The first-order chi connectivity index (χ1) is 10.3. The van der Waals surface area contributed by atoms with E-state index in [1.165, 1.54) is 12.8 Å². The molecule has 0 aromatic heterocycles. The van der Waals surface area contributed by atoms with Crippen molar-refractivity contribution in [3.8, 4) is 5.75 Å². The van der Waals surface area contributed by atoms with Gasteiger partial charge in [0.25, 0.3) is 0 Å². The summed E-state index contributed by atoms with van der Waals surface area (Å²) in [6.07, 6.45) is 6.02. The summed E-state index contributed by atoms with van der Waals surface area (Å²) in [6.45, 7) is 2.82. The molecule has 0 radical (unpaired) electrons. The molecule has 1 aromatic carbocycles. The molecule has 1 aromatic rings. The molecule has 0 saturated carbocycles. The number of benzene rings is 1. The highest BCUT2D eigenvalue weighted by atomic mass is 16.5. The first-order valence-electron chi connectivity index (χ1n) is 7.60. The molecule has 2 saturated heterocycles. The Morgan fingerprint density at radius 3 is 2.86 bits per heavy atom. The molecule has 2 atom stereocenters. The van der Waals surface area contributed by atoms with Crippen LogP contribution < -0.4 is 10.1 Å². The van der Waals surface area contributed by atoms with E-state index in [1.54, 1.807) is 13.2 Å². The van der Waals surface area contributed by atoms with Gasteiger partial charge in [0.05, 0.1) is 7.11 Å². The van der Waals surface area contributed by atoms with E-state index in [0.29, 0.717) is 12.0 Å². The van der Waals surface area contributed by atoms with Gasteiger partial charge >= 0.3 is 0 Å². The molecular formula is C17H22N2O2. The van der Waals surface area contributed by atoms with E-state index in [-0.39, 0.29) is 5.91 Å². The summed E-state index contributed by atoms with van der Waals surface area (Å²) in [5.74, 6) is 1.58. The first-order valence-corrected chi connectivity index (χ1v) is 7.60. The number of rotatable bonds is 3. The lowest BCUT2D eigenvalue weighted by molar-refractivity contribution is -0.125. The second-order valence-electron chi connectivity index (χ2n) is 5.81. The van der Waals surface area contributed by atoms with Crippen LogP contribution in [0.15, 0.2) is 30.3 Å². The van der Waals surface area contributed by atoms with Crippen molar-refractivity contribution in [1.82, 2.24) is 10.2 Å². The molecule has 2 aliphatic rings. The molecule has 0 bridgehead atoms. The van der Waals surface area contributed by atoms with Gasteiger partial charge in [-0.2, -0.15) is 0 Å². The molecular weight excluding hydrogens is 264 g/mol. The molecule has 0 unspecified atom stereocenters. The van der Waals surface area contributed by atoms with Crippen molar-refractivity contribution in [3.63, 3.8) is 0 Å². The molecule has 1 amide bonds. The third-order valence-electron chi connectivity index (χ3n) is 4.45. The molecule has 112 valence electrons. The van der Waals surface area contributed by atoms with E-state index in [9.17, 15) is 4.79 Å². The molecule has 2 heterocycles. The van der Waals surface area contributed by atoms with Gasteiger partial charge in [0.1, 0.15) is 5.75 Å². The highest BCUT2D eigenvalue weighted by molar-refractivity contribution is 5.92. The van der Waals surface area contributed by atoms with Crippen molar-refractivity contribution < 1.29 is 9.53 Å². The average molecular weight is 286 g/mol. The maximum atomic E-state index is 12.3. The van der Waals surface area contributed by atoms with Crippen LogP contribution in [0, 0.1) is 5.92 Å². The van der Waals surface area contributed by atoms with Crippen molar-refractivity contribution in [2.24, 2.45) is 5.92 Å². The minimum absolute atomic E-state index is 0.113. The van der Waals surface area contributed by atoms with Gasteiger partial charge in [-0.25, -0.2) is 0 Å². The maximum absolute atomic E-state index is 12.3. The standard InChI is InChI=1S/C17H22N2O2/c1-21-15-7-4-13(5-8-15)6-9-17(20)19-11-14-3-2-10-18-16(14)12-19/h4-9,14,16,18H,2-3,10-12H2,1H3/b9-6+/t14-,16+/m0/s1. The smallest absolute Gasteiger partial charge is 0.246 e. The summed E-state index contributed by atoms with van der Waals surface area (Å²) in [5.41, 5.74) is 1.01. The van der Waals surface area contributed by atoms with Crippen LogP contribution in [-0.4, -0.2) is 43.6 Å². The van der Waals surface area contributed by atoms with Crippen LogP contribution in [0.25, 0.3) is 6.08 Å². The first kappa shape index (κ1) is 14.1. The van der Waals surface area contributed by atoms with Gasteiger partial charge in [-0.05, 0) is 49.1 Å². The number of carbonyl (C=O) groups is 1. The number of carbonyl (C=O) groups excluding carboxylic acids is 1. The largest absolute Gasteiger partial charge is 0.497 e. The second kappa shape index (κ2) is 6.31. The van der Waals surface area contributed by atoms with Gasteiger partial charge in [0, 0.05) is 25.2 Å². The van der Waals surface area contributed by atoms with E-state index in [1.807, 2.05) is 35.2 Å². The number of hydrogen-bond donors (Lipinski definition) is 1. The molecule has 1 N–H and O–H groups in total.